The molecule has 3 heteroatoms. The molecule has 1 atom stereocenters. The highest BCUT2D eigenvalue weighted by Crippen LogP contribution is 2.31. The van der Waals surface area contributed by atoms with E-state index in [4.69, 9.17) is 4.42 Å². The van der Waals surface area contributed by atoms with Gasteiger partial charge in [0.2, 0.25) is 0 Å². The van der Waals surface area contributed by atoms with E-state index < -0.39 is 0 Å². The summed E-state index contributed by atoms with van der Waals surface area (Å²) in [4.78, 5) is 0. The van der Waals surface area contributed by atoms with Gasteiger partial charge in [0, 0.05) is 18.0 Å². The van der Waals surface area contributed by atoms with Gasteiger partial charge in [-0.2, -0.15) is 0 Å². The van der Waals surface area contributed by atoms with Crippen molar-refractivity contribution in [2.24, 2.45) is 0 Å². The van der Waals surface area contributed by atoms with Gasteiger partial charge in [0.05, 0.1) is 0 Å². The second kappa shape index (κ2) is 3.84. The minimum absolute atomic E-state index is 0.626. The number of piperidine rings is 1. The molecule has 1 fully saturated rings. The smallest absolute Gasteiger partial charge is 0.172 e. The van der Waals surface area contributed by atoms with Crippen LogP contribution in [-0.4, -0.2) is 13.1 Å². The Bertz CT molecular complexity index is 289. The third-order valence-corrected chi connectivity index (χ3v) is 3.19. The van der Waals surface area contributed by atoms with Crippen molar-refractivity contribution in [2.45, 2.75) is 25.7 Å². The first kappa shape index (κ1) is 9.28. The summed E-state index contributed by atoms with van der Waals surface area (Å²) >= 11 is 3.46. The Morgan fingerprint density at radius 2 is 2.46 bits per heavy atom. The van der Waals surface area contributed by atoms with Crippen LogP contribution in [0.1, 0.15) is 30.1 Å². The fourth-order valence-corrected chi connectivity index (χ4v) is 2.59. The summed E-state index contributed by atoms with van der Waals surface area (Å²) in [5, 5.41) is 3.41. The van der Waals surface area contributed by atoms with Crippen LogP contribution in [0.3, 0.4) is 0 Å². The standard InChI is InChI=1S/C10H14BrNO/c1-7-5-9(10(11)13-7)8-3-2-4-12-6-8/h5,8,12H,2-4,6H2,1H3. The highest BCUT2D eigenvalue weighted by atomic mass is 79.9. The molecule has 13 heavy (non-hydrogen) atoms. The van der Waals surface area contributed by atoms with E-state index >= 15 is 0 Å². The summed E-state index contributed by atoms with van der Waals surface area (Å²) in [6.45, 7) is 4.23. The molecule has 2 nitrogen and oxygen atoms in total. The third kappa shape index (κ3) is 1.97. The lowest BCUT2D eigenvalue weighted by Crippen LogP contribution is -2.28. The number of hydrogen-bond donors (Lipinski definition) is 1. The van der Waals surface area contributed by atoms with Gasteiger partial charge in [-0.1, -0.05) is 0 Å². The molecule has 2 heterocycles. The van der Waals surface area contributed by atoms with Gasteiger partial charge in [0.15, 0.2) is 4.67 Å². The van der Waals surface area contributed by atoms with Crippen LogP contribution in [0.25, 0.3) is 0 Å². The van der Waals surface area contributed by atoms with E-state index in [1.165, 1.54) is 18.4 Å². The van der Waals surface area contributed by atoms with Gasteiger partial charge in [-0.25, -0.2) is 0 Å². The molecule has 0 bridgehead atoms. The Kier molecular flexibility index (Phi) is 2.74. The number of nitrogens with one attached hydrogen (secondary N) is 1. The second-order valence-corrected chi connectivity index (χ2v) is 4.35. The predicted octanol–water partition coefficient (Wildman–Crippen LogP) is 2.82. The summed E-state index contributed by atoms with van der Waals surface area (Å²) in [6.07, 6.45) is 2.53. The van der Waals surface area contributed by atoms with Crippen molar-refractivity contribution < 1.29 is 4.42 Å². The Morgan fingerprint density at radius 3 is 3.00 bits per heavy atom. The van der Waals surface area contributed by atoms with Crippen molar-refractivity contribution >= 4 is 15.9 Å². The van der Waals surface area contributed by atoms with Gasteiger partial charge in [0.25, 0.3) is 0 Å². The normalized spacial score (nSPS) is 23.4. The lowest BCUT2D eigenvalue weighted by atomic mass is 9.94. The van der Waals surface area contributed by atoms with E-state index in [1.54, 1.807) is 0 Å². The van der Waals surface area contributed by atoms with Gasteiger partial charge >= 0.3 is 0 Å². The molecule has 0 aromatic carbocycles. The number of halogens is 1. The van der Waals surface area contributed by atoms with Crippen LogP contribution in [0.4, 0.5) is 0 Å². The summed E-state index contributed by atoms with van der Waals surface area (Å²) in [6, 6.07) is 2.14. The SMILES string of the molecule is Cc1cc(C2CCCNC2)c(Br)o1. The van der Waals surface area contributed by atoms with Crippen LogP contribution in [0.5, 0.6) is 0 Å². The zero-order valence-corrected chi connectivity index (χ0v) is 9.36. The average molecular weight is 244 g/mol. The molecule has 1 saturated heterocycles. The van der Waals surface area contributed by atoms with Crippen molar-refractivity contribution in [3.8, 4) is 0 Å². The van der Waals surface area contributed by atoms with Crippen molar-refractivity contribution in [1.82, 2.24) is 5.32 Å². The van der Waals surface area contributed by atoms with Crippen molar-refractivity contribution in [1.29, 1.82) is 0 Å². The highest BCUT2D eigenvalue weighted by Gasteiger charge is 2.19. The van der Waals surface area contributed by atoms with E-state index in [9.17, 15) is 0 Å². The molecule has 0 saturated carbocycles. The Labute approximate surface area is 86.8 Å². The van der Waals surface area contributed by atoms with Crippen LogP contribution in [0, 0.1) is 6.92 Å². The van der Waals surface area contributed by atoms with Crippen molar-refractivity contribution in [3.05, 3.63) is 22.1 Å². The second-order valence-electron chi connectivity index (χ2n) is 3.63. The molecule has 1 aliphatic heterocycles. The zero-order valence-electron chi connectivity index (χ0n) is 7.77. The molecule has 72 valence electrons. The maximum Gasteiger partial charge on any atom is 0.172 e. The quantitative estimate of drug-likeness (QED) is 0.821. The molecule has 1 aliphatic rings. The molecular formula is C10H14BrNO. The van der Waals surface area contributed by atoms with Gasteiger partial charge < -0.3 is 9.73 Å². The molecule has 0 aliphatic carbocycles. The average Bonchev–Trinajstić information content (AvgIpc) is 2.47. The fraction of sp³-hybridized carbons (Fsp3) is 0.600. The van der Waals surface area contributed by atoms with E-state index in [2.05, 4.69) is 27.3 Å². The maximum atomic E-state index is 5.46. The van der Waals surface area contributed by atoms with E-state index in [0.717, 1.165) is 23.5 Å². The van der Waals surface area contributed by atoms with Crippen molar-refractivity contribution in [3.63, 3.8) is 0 Å². The number of rotatable bonds is 1. The van der Waals surface area contributed by atoms with Crippen LogP contribution in [0.15, 0.2) is 15.2 Å². The minimum atomic E-state index is 0.626. The van der Waals surface area contributed by atoms with Crippen molar-refractivity contribution in [2.75, 3.05) is 13.1 Å². The summed E-state index contributed by atoms with van der Waals surface area (Å²) in [7, 11) is 0. The van der Waals surface area contributed by atoms with E-state index in [0.29, 0.717) is 5.92 Å². The van der Waals surface area contributed by atoms with Gasteiger partial charge in [-0.05, 0) is 48.3 Å². The topological polar surface area (TPSA) is 25.2 Å². The predicted molar refractivity (Wildman–Crippen MR) is 56.0 cm³/mol. The lowest BCUT2D eigenvalue weighted by Gasteiger charge is -2.21. The molecule has 0 amide bonds. The number of hydrogen-bond acceptors (Lipinski definition) is 2. The third-order valence-electron chi connectivity index (χ3n) is 2.57. The molecule has 1 aromatic rings. The maximum absolute atomic E-state index is 5.46. The first-order valence-corrected chi connectivity index (χ1v) is 5.53. The van der Waals surface area contributed by atoms with Crippen LogP contribution < -0.4 is 5.32 Å². The minimum Gasteiger partial charge on any atom is -0.454 e. The molecule has 0 spiro atoms. The van der Waals surface area contributed by atoms with Gasteiger partial charge in [0.1, 0.15) is 5.76 Å². The first-order valence-electron chi connectivity index (χ1n) is 4.74. The van der Waals surface area contributed by atoms with E-state index in [1.807, 2.05) is 6.92 Å². The first-order chi connectivity index (χ1) is 6.27. The molecular weight excluding hydrogens is 230 g/mol. The van der Waals surface area contributed by atoms with Crippen LogP contribution in [0.2, 0.25) is 0 Å². The number of aryl methyl sites for hydroxylation is 1. The zero-order chi connectivity index (χ0) is 9.26. The van der Waals surface area contributed by atoms with E-state index in [-0.39, 0.29) is 0 Å². The fourth-order valence-electron chi connectivity index (χ4n) is 1.90. The largest absolute Gasteiger partial charge is 0.454 e. The summed E-state index contributed by atoms with van der Waals surface area (Å²) in [5.41, 5.74) is 1.32. The molecule has 1 unspecified atom stereocenters. The van der Waals surface area contributed by atoms with Gasteiger partial charge in [-0.3, -0.25) is 0 Å². The lowest BCUT2D eigenvalue weighted by molar-refractivity contribution is 0.449. The molecule has 1 aromatic heterocycles. The Morgan fingerprint density at radius 1 is 1.62 bits per heavy atom. The number of furan rings is 1. The van der Waals surface area contributed by atoms with Crippen LogP contribution >= 0.6 is 15.9 Å². The molecule has 0 radical (unpaired) electrons. The Balaban J connectivity index is 2.18. The molecule has 2 rings (SSSR count). The summed E-state index contributed by atoms with van der Waals surface area (Å²) < 4.78 is 6.37. The Hall–Kier alpha value is -0.280. The van der Waals surface area contributed by atoms with Crippen LogP contribution in [-0.2, 0) is 0 Å². The highest BCUT2D eigenvalue weighted by molar-refractivity contribution is 9.10. The molecule has 1 N–H and O–H groups in total. The summed E-state index contributed by atoms with van der Waals surface area (Å²) in [5.74, 6) is 1.62. The van der Waals surface area contributed by atoms with Gasteiger partial charge in [-0.15, -0.1) is 0 Å². The monoisotopic (exact) mass is 243 g/mol.